The average Bonchev–Trinajstić information content (AvgIpc) is 3.31. The summed E-state index contributed by atoms with van der Waals surface area (Å²) in [6.45, 7) is 7.09. The quantitative estimate of drug-likeness (QED) is 0.412. The topological polar surface area (TPSA) is 46.0 Å². The second-order valence-electron chi connectivity index (χ2n) is 8.60. The minimum Gasteiger partial charge on any atom is -0.352 e. The maximum Gasteiger partial charge on any atom is 0.170 e. The fourth-order valence-corrected chi connectivity index (χ4v) is 5.03. The summed E-state index contributed by atoms with van der Waals surface area (Å²) in [5.74, 6) is 0.930. The fraction of sp³-hybridized carbons (Fsp3) is 0.222. The third kappa shape index (κ3) is 4.02. The number of hydrogen-bond donors (Lipinski definition) is 1. The van der Waals surface area contributed by atoms with Crippen LogP contribution in [0.15, 0.2) is 79.1 Å². The average molecular weight is 454 g/mol. The van der Waals surface area contributed by atoms with Crippen molar-refractivity contribution in [2.75, 3.05) is 0 Å². The van der Waals surface area contributed by atoms with Crippen molar-refractivity contribution < 1.29 is 0 Å². The minimum atomic E-state index is -0.0395. The Balaban J connectivity index is 1.61. The molecular formula is C27H27N5S. The zero-order chi connectivity index (χ0) is 22.9. The first kappa shape index (κ1) is 21.3. The first-order valence-corrected chi connectivity index (χ1v) is 11.6. The molecule has 0 bridgehead atoms. The fourth-order valence-electron chi connectivity index (χ4n) is 4.73. The molecule has 5 nitrogen and oxygen atoms in total. The van der Waals surface area contributed by atoms with Gasteiger partial charge in [0.1, 0.15) is 5.82 Å². The summed E-state index contributed by atoms with van der Waals surface area (Å²) in [6, 6.07) is 22.9. The Morgan fingerprint density at radius 3 is 2.42 bits per heavy atom. The summed E-state index contributed by atoms with van der Waals surface area (Å²) < 4.78 is 2.23. The number of aryl methyl sites for hydroxylation is 2. The van der Waals surface area contributed by atoms with Crippen molar-refractivity contribution in [3.63, 3.8) is 0 Å². The maximum atomic E-state index is 5.85. The maximum absolute atomic E-state index is 5.85. The highest BCUT2D eigenvalue weighted by Gasteiger charge is 2.41. The van der Waals surface area contributed by atoms with Crippen LogP contribution in [0.4, 0.5) is 0 Å². The number of thiocarbonyl (C=S) groups is 1. The van der Waals surface area contributed by atoms with Gasteiger partial charge in [0, 0.05) is 30.3 Å². The van der Waals surface area contributed by atoms with Crippen LogP contribution in [0.2, 0.25) is 0 Å². The van der Waals surface area contributed by atoms with Crippen molar-refractivity contribution in [2.45, 2.75) is 39.4 Å². The van der Waals surface area contributed by atoms with Crippen molar-refractivity contribution in [1.29, 1.82) is 0 Å². The van der Waals surface area contributed by atoms with Crippen molar-refractivity contribution in [3.8, 4) is 5.82 Å². The molecule has 2 atom stereocenters. The first-order chi connectivity index (χ1) is 16.0. The van der Waals surface area contributed by atoms with E-state index >= 15 is 0 Å². The highest BCUT2D eigenvalue weighted by atomic mass is 32.1. The van der Waals surface area contributed by atoms with Gasteiger partial charge in [-0.3, -0.25) is 4.98 Å². The van der Waals surface area contributed by atoms with Gasteiger partial charge in [0.15, 0.2) is 5.11 Å². The van der Waals surface area contributed by atoms with E-state index in [0.717, 1.165) is 34.4 Å². The Labute approximate surface area is 200 Å². The lowest BCUT2D eigenvalue weighted by Crippen LogP contribution is -2.29. The summed E-state index contributed by atoms with van der Waals surface area (Å²) in [5.41, 5.74) is 6.90. The lowest BCUT2D eigenvalue weighted by Gasteiger charge is -2.28. The number of pyridine rings is 2. The van der Waals surface area contributed by atoms with Crippen molar-refractivity contribution >= 4 is 17.3 Å². The molecule has 0 amide bonds. The van der Waals surface area contributed by atoms with Crippen LogP contribution in [0.3, 0.4) is 0 Å². The monoisotopic (exact) mass is 453 g/mol. The van der Waals surface area contributed by atoms with Crippen molar-refractivity contribution in [1.82, 2.24) is 24.8 Å². The van der Waals surface area contributed by atoms with Gasteiger partial charge < -0.3 is 14.8 Å². The second kappa shape index (κ2) is 8.79. The van der Waals surface area contributed by atoms with Gasteiger partial charge in [0.05, 0.1) is 17.8 Å². The van der Waals surface area contributed by atoms with Crippen LogP contribution in [-0.4, -0.2) is 24.5 Å². The molecule has 3 aromatic heterocycles. The van der Waals surface area contributed by atoms with Crippen LogP contribution in [0.1, 0.15) is 45.9 Å². The number of nitrogens with one attached hydrogen (secondary N) is 1. The van der Waals surface area contributed by atoms with Gasteiger partial charge in [-0.25, -0.2) is 4.98 Å². The van der Waals surface area contributed by atoms with Gasteiger partial charge in [0.25, 0.3) is 0 Å². The molecule has 0 saturated carbocycles. The van der Waals surface area contributed by atoms with Crippen LogP contribution >= 0.6 is 12.2 Å². The smallest absolute Gasteiger partial charge is 0.170 e. The van der Waals surface area contributed by atoms with E-state index < -0.39 is 0 Å². The van der Waals surface area contributed by atoms with Crippen molar-refractivity contribution in [3.05, 3.63) is 113 Å². The Morgan fingerprint density at radius 2 is 1.73 bits per heavy atom. The van der Waals surface area contributed by atoms with E-state index in [0.29, 0.717) is 0 Å². The second-order valence-corrected chi connectivity index (χ2v) is 8.98. The van der Waals surface area contributed by atoms with Gasteiger partial charge in [-0.05, 0) is 73.9 Å². The number of rotatable bonds is 5. The molecule has 6 heteroatoms. The molecule has 0 radical (unpaired) electrons. The molecule has 4 aromatic rings. The largest absolute Gasteiger partial charge is 0.352 e. The summed E-state index contributed by atoms with van der Waals surface area (Å²) in [4.78, 5) is 11.6. The van der Waals surface area contributed by atoms with Crippen LogP contribution in [0.25, 0.3) is 5.82 Å². The van der Waals surface area contributed by atoms with Crippen LogP contribution < -0.4 is 5.32 Å². The molecule has 4 heterocycles. The minimum absolute atomic E-state index is 0.0120. The lowest BCUT2D eigenvalue weighted by atomic mass is 9.96. The van der Waals surface area contributed by atoms with Crippen LogP contribution in [0.5, 0.6) is 0 Å². The van der Waals surface area contributed by atoms with E-state index in [1.54, 1.807) is 0 Å². The predicted octanol–water partition coefficient (Wildman–Crippen LogP) is 5.37. The van der Waals surface area contributed by atoms with Gasteiger partial charge in [-0.1, -0.05) is 42.5 Å². The SMILES string of the molecule is Cc1ccc(-n2c(C)cc([C@@H]3[C@@H](c4ccccn4)NC(=S)N3Cc3ccccc3)c2C)nc1. The van der Waals surface area contributed by atoms with E-state index in [-0.39, 0.29) is 12.1 Å². The predicted molar refractivity (Wildman–Crippen MR) is 135 cm³/mol. The highest BCUT2D eigenvalue weighted by Crippen LogP contribution is 2.42. The third-order valence-electron chi connectivity index (χ3n) is 6.31. The summed E-state index contributed by atoms with van der Waals surface area (Å²) in [7, 11) is 0. The molecule has 1 aliphatic heterocycles. The number of aromatic nitrogens is 3. The Bertz CT molecular complexity index is 1270. The molecule has 1 fully saturated rings. The van der Waals surface area contributed by atoms with E-state index in [1.807, 2.05) is 30.6 Å². The van der Waals surface area contributed by atoms with Gasteiger partial charge >= 0.3 is 0 Å². The summed E-state index contributed by atoms with van der Waals surface area (Å²) in [5, 5.41) is 4.31. The van der Waals surface area contributed by atoms with E-state index in [9.17, 15) is 0 Å². The lowest BCUT2D eigenvalue weighted by molar-refractivity contribution is 0.310. The Hall–Kier alpha value is -3.51. The molecule has 1 aliphatic rings. The van der Waals surface area contributed by atoms with Crippen LogP contribution in [-0.2, 0) is 6.54 Å². The molecule has 0 spiro atoms. The molecule has 5 rings (SSSR count). The number of hydrogen-bond acceptors (Lipinski definition) is 3. The van der Waals surface area contributed by atoms with Crippen LogP contribution in [0, 0.1) is 20.8 Å². The molecule has 166 valence electrons. The molecule has 1 aromatic carbocycles. The first-order valence-electron chi connectivity index (χ1n) is 11.2. The number of nitrogens with zero attached hydrogens (tertiary/aromatic N) is 4. The normalized spacial score (nSPS) is 17.9. The Kier molecular flexibility index (Phi) is 5.68. The standard InChI is InChI=1S/C27H27N5S/c1-18-12-13-24(29-16-18)32-19(2)15-22(20(32)3)26-25(23-11-7-8-14-28-23)30-27(33)31(26)17-21-9-5-4-6-10-21/h4-16,25-26H,17H2,1-3H3,(H,30,33)/t25-,26-/m1/s1. The molecule has 1 saturated heterocycles. The third-order valence-corrected chi connectivity index (χ3v) is 6.66. The molecule has 33 heavy (non-hydrogen) atoms. The van der Waals surface area contributed by atoms with Crippen molar-refractivity contribution in [2.24, 2.45) is 0 Å². The van der Waals surface area contributed by atoms with Gasteiger partial charge in [-0.2, -0.15) is 0 Å². The zero-order valence-electron chi connectivity index (χ0n) is 19.1. The van der Waals surface area contributed by atoms with E-state index in [2.05, 4.69) is 94.1 Å². The zero-order valence-corrected chi connectivity index (χ0v) is 19.9. The van der Waals surface area contributed by atoms with Gasteiger partial charge in [-0.15, -0.1) is 0 Å². The number of benzene rings is 1. The summed E-state index contributed by atoms with van der Waals surface area (Å²) in [6.07, 6.45) is 3.76. The van der Waals surface area contributed by atoms with Gasteiger partial charge in [0.2, 0.25) is 0 Å². The van der Waals surface area contributed by atoms with E-state index in [1.165, 1.54) is 16.8 Å². The highest BCUT2D eigenvalue weighted by molar-refractivity contribution is 7.80. The molecule has 0 unspecified atom stereocenters. The Morgan fingerprint density at radius 1 is 0.939 bits per heavy atom. The summed E-state index contributed by atoms with van der Waals surface area (Å²) >= 11 is 5.85. The van der Waals surface area contributed by atoms with E-state index in [4.69, 9.17) is 12.2 Å². The molecular weight excluding hydrogens is 426 g/mol. The molecule has 0 aliphatic carbocycles. The molecule has 1 N–H and O–H groups in total.